The van der Waals surface area contributed by atoms with Crippen LogP contribution in [0.4, 0.5) is 0 Å². The fourth-order valence-corrected chi connectivity index (χ4v) is 3.05. The molecule has 0 amide bonds. The Morgan fingerprint density at radius 1 is 0.786 bits per heavy atom. The first-order chi connectivity index (χ1) is 13.6. The molecule has 0 heterocycles. The van der Waals surface area contributed by atoms with Gasteiger partial charge in [-0.15, -0.1) is 0 Å². The van der Waals surface area contributed by atoms with Crippen molar-refractivity contribution in [1.29, 1.82) is 0 Å². The van der Waals surface area contributed by atoms with Crippen molar-refractivity contribution in [3.63, 3.8) is 0 Å². The van der Waals surface area contributed by atoms with E-state index in [4.69, 9.17) is 0 Å². The summed E-state index contributed by atoms with van der Waals surface area (Å²) >= 11 is 0. The minimum Gasteiger partial charge on any atom is -0.381 e. The minimum absolute atomic E-state index is 0.168. The molecular formula is C25H22O3. The van der Waals surface area contributed by atoms with E-state index in [2.05, 4.69) is 0 Å². The minimum atomic E-state index is -1.48. The van der Waals surface area contributed by atoms with E-state index in [1.165, 1.54) is 0 Å². The van der Waals surface area contributed by atoms with Crippen molar-refractivity contribution < 1.29 is 14.7 Å². The van der Waals surface area contributed by atoms with Gasteiger partial charge in [-0.05, 0) is 17.2 Å². The summed E-state index contributed by atoms with van der Waals surface area (Å²) in [7, 11) is 0. The molecule has 1 N–H and O–H groups in total. The second-order valence-corrected chi connectivity index (χ2v) is 6.72. The van der Waals surface area contributed by atoms with Crippen molar-refractivity contribution in [1.82, 2.24) is 0 Å². The number of hydrogen-bond acceptors (Lipinski definition) is 3. The molecule has 3 rings (SSSR count). The molecule has 0 saturated carbocycles. The molecule has 140 valence electrons. The number of ketones is 2. The lowest BCUT2D eigenvalue weighted by molar-refractivity contribution is -0.121. The predicted octanol–water partition coefficient (Wildman–Crippen LogP) is 4.82. The number of aliphatic hydroxyl groups is 1. The highest BCUT2D eigenvalue weighted by Crippen LogP contribution is 2.29. The normalized spacial score (nSPS) is 13.2. The van der Waals surface area contributed by atoms with Crippen molar-refractivity contribution in [2.45, 2.75) is 18.4 Å². The third kappa shape index (κ3) is 5.12. The van der Waals surface area contributed by atoms with Gasteiger partial charge in [0.2, 0.25) is 0 Å². The van der Waals surface area contributed by atoms with Crippen LogP contribution in [-0.4, -0.2) is 16.7 Å². The van der Waals surface area contributed by atoms with Crippen LogP contribution < -0.4 is 0 Å². The second-order valence-electron chi connectivity index (χ2n) is 6.72. The van der Waals surface area contributed by atoms with Gasteiger partial charge < -0.3 is 5.11 Å². The van der Waals surface area contributed by atoms with Gasteiger partial charge >= 0.3 is 0 Å². The first-order valence-corrected chi connectivity index (χ1v) is 9.19. The summed E-state index contributed by atoms with van der Waals surface area (Å²) in [5.74, 6) is -0.550. The van der Waals surface area contributed by atoms with Gasteiger partial charge in [0.15, 0.2) is 5.78 Å². The zero-order valence-corrected chi connectivity index (χ0v) is 15.5. The highest BCUT2D eigenvalue weighted by molar-refractivity contribution is 6.08. The van der Waals surface area contributed by atoms with Gasteiger partial charge in [0.1, 0.15) is 11.4 Å². The molecule has 0 aliphatic carbocycles. The maximum Gasteiger partial charge on any atom is 0.170 e. The predicted molar refractivity (Wildman–Crippen MR) is 111 cm³/mol. The maximum absolute atomic E-state index is 12.6. The second kappa shape index (κ2) is 9.07. The summed E-state index contributed by atoms with van der Waals surface area (Å²) in [4.78, 5) is 24.9. The number of Topliss-reactive ketones (excluding diaryl/α,β-unsaturated/α-hetero) is 2. The number of hydrogen-bond donors (Lipinski definition) is 1. The van der Waals surface area contributed by atoms with Gasteiger partial charge in [0, 0.05) is 12.0 Å². The third-order valence-corrected chi connectivity index (χ3v) is 4.54. The largest absolute Gasteiger partial charge is 0.381 e. The summed E-state index contributed by atoms with van der Waals surface area (Å²) < 4.78 is 0. The van der Waals surface area contributed by atoms with Gasteiger partial charge in [-0.2, -0.15) is 0 Å². The van der Waals surface area contributed by atoms with Gasteiger partial charge in [0.25, 0.3) is 0 Å². The van der Waals surface area contributed by atoms with Crippen LogP contribution in [-0.2, 0) is 10.4 Å². The molecule has 0 fully saturated rings. The quantitative estimate of drug-likeness (QED) is 0.457. The van der Waals surface area contributed by atoms with Crippen LogP contribution in [0.2, 0.25) is 0 Å². The van der Waals surface area contributed by atoms with E-state index < -0.39 is 5.60 Å². The molecule has 3 aromatic carbocycles. The lowest BCUT2D eigenvalue weighted by Crippen LogP contribution is -2.27. The van der Waals surface area contributed by atoms with Crippen molar-refractivity contribution in [3.8, 4) is 0 Å². The number of carbonyl (C=O) groups excluding carboxylic acids is 2. The van der Waals surface area contributed by atoms with E-state index in [-0.39, 0.29) is 24.4 Å². The SMILES string of the molecule is O=C(CC(=O)c1ccccc1)C[C@](O)(/C=C\c1ccccc1)c1ccccc1. The van der Waals surface area contributed by atoms with Crippen LogP contribution in [0.5, 0.6) is 0 Å². The van der Waals surface area contributed by atoms with Crippen LogP contribution in [0.3, 0.4) is 0 Å². The number of rotatable bonds is 8. The van der Waals surface area contributed by atoms with Gasteiger partial charge in [-0.1, -0.05) is 97.1 Å². The molecule has 0 unspecified atom stereocenters. The molecule has 0 spiro atoms. The summed E-state index contributed by atoms with van der Waals surface area (Å²) in [5.41, 5.74) is 0.553. The van der Waals surface area contributed by atoms with E-state index in [1.807, 2.05) is 54.6 Å². The van der Waals surface area contributed by atoms with Crippen LogP contribution in [0.1, 0.15) is 34.3 Å². The number of carbonyl (C=O) groups is 2. The number of benzene rings is 3. The smallest absolute Gasteiger partial charge is 0.170 e. The third-order valence-electron chi connectivity index (χ3n) is 4.54. The monoisotopic (exact) mass is 370 g/mol. The standard InChI is InChI=1S/C25H22O3/c26-23(18-24(27)21-12-6-2-7-13-21)19-25(28,22-14-8-3-9-15-22)17-16-20-10-4-1-5-11-20/h1-17,28H,18-19H2/b17-16-/t25-/m1/s1. The first-order valence-electron chi connectivity index (χ1n) is 9.19. The van der Waals surface area contributed by atoms with Gasteiger partial charge in [0.05, 0.1) is 6.42 Å². The molecule has 1 atom stereocenters. The van der Waals surface area contributed by atoms with Crippen LogP contribution in [0.15, 0.2) is 97.1 Å². The summed E-state index contributed by atoms with van der Waals surface area (Å²) in [6.07, 6.45) is 3.01. The highest BCUT2D eigenvalue weighted by Gasteiger charge is 2.30. The van der Waals surface area contributed by atoms with Crippen LogP contribution in [0.25, 0.3) is 6.08 Å². The van der Waals surface area contributed by atoms with E-state index in [1.54, 1.807) is 48.6 Å². The molecular weight excluding hydrogens is 348 g/mol. The molecule has 0 aliphatic rings. The average Bonchev–Trinajstić information content (AvgIpc) is 2.74. The maximum atomic E-state index is 12.6. The summed E-state index contributed by atoms with van der Waals surface area (Å²) in [6.45, 7) is 0. The fourth-order valence-electron chi connectivity index (χ4n) is 3.05. The first kappa shape index (κ1) is 19.5. The molecule has 0 bridgehead atoms. The molecule has 0 saturated heterocycles. The Bertz CT molecular complexity index is 947. The van der Waals surface area contributed by atoms with E-state index >= 15 is 0 Å². The molecule has 3 heteroatoms. The van der Waals surface area contributed by atoms with Crippen molar-refractivity contribution in [2.75, 3.05) is 0 Å². The Morgan fingerprint density at radius 3 is 1.93 bits per heavy atom. The Balaban J connectivity index is 1.80. The van der Waals surface area contributed by atoms with E-state index in [9.17, 15) is 14.7 Å². The lowest BCUT2D eigenvalue weighted by Gasteiger charge is -2.24. The van der Waals surface area contributed by atoms with Crippen LogP contribution in [0, 0.1) is 0 Å². The van der Waals surface area contributed by atoms with Crippen molar-refractivity contribution in [2.24, 2.45) is 0 Å². The van der Waals surface area contributed by atoms with Crippen LogP contribution >= 0.6 is 0 Å². The molecule has 0 aliphatic heterocycles. The Hall–Kier alpha value is -3.30. The molecule has 0 aromatic heterocycles. The summed E-state index contributed by atoms with van der Waals surface area (Å²) in [5, 5.41) is 11.3. The van der Waals surface area contributed by atoms with E-state index in [0.717, 1.165) is 5.56 Å². The average molecular weight is 370 g/mol. The Kier molecular flexibility index (Phi) is 6.30. The lowest BCUT2D eigenvalue weighted by atomic mass is 9.86. The molecule has 3 aromatic rings. The topological polar surface area (TPSA) is 54.4 Å². The molecule has 28 heavy (non-hydrogen) atoms. The fraction of sp³-hybridized carbons (Fsp3) is 0.120. The van der Waals surface area contributed by atoms with Crippen molar-refractivity contribution >= 4 is 17.6 Å². The van der Waals surface area contributed by atoms with Crippen molar-refractivity contribution in [3.05, 3.63) is 114 Å². The molecule has 3 nitrogen and oxygen atoms in total. The molecule has 0 radical (unpaired) electrons. The van der Waals surface area contributed by atoms with Gasteiger partial charge in [-0.3, -0.25) is 9.59 Å². The Labute approximate surface area is 165 Å². The van der Waals surface area contributed by atoms with E-state index in [0.29, 0.717) is 11.1 Å². The highest BCUT2D eigenvalue weighted by atomic mass is 16.3. The zero-order chi connectivity index (χ0) is 19.8. The zero-order valence-electron chi connectivity index (χ0n) is 15.5. The Morgan fingerprint density at radius 2 is 1.32 bits per heavy atom. The summed E-state index contributed by atoms with van der Waals surface area (Å²) in [6, 6.07) is 27.3. The van der Waals surface area contributed by atoms with Gasteiger partial charge in [-0.25, -0.2) is 0 Å².